The number of hydrogen-bond donors (Lipinski definition) is 2. The van der Waals surface area contributed by atoms with E-state index >= 15 is 0 Å². The van der Waals surface area contributed by atoms with Crippen LogP contribution in [0.2, 0.25) is 0 Å². The Labute approximate surface area is 85.8 Å². The lowest BCUT2D eigenvalue weighted by Gasteiger charge is -2.31. The van der Waals surface area contributed by atoms with Crippen LogP contribution >= 0.6 is 0 Å². The van der Waals surface area contributed by atoms with Gasteiger partial charge in [-0.2, -0.15) is 0 Å². The standard InChI is InChI=1S/C10H21N3O/c1-2-12-7-9-3-5-13(6-4-9)8-10(11)14/h9,12H,2-8H2,1H3,(H2,11,14). The summed E-state index contributed by atoms with van der Waals surface area (Å²) in [6.07, 6.45) is 2.36. The molecule has 0 aromatic carbocycles. The van der Waals surface area contributed by atoms with Gasteiger partial charge in [0.2, 0.25) is 5.91 Å². The highest BCUT2D eigenvalue weighted by Crippen LogP contribution is 2.15. The predicted molar refractivity (Wildman–Crippen MR) is 56.9 cm³/mol. The Morgan fingerprint density at radius 2 is 2.14 bits per heavy atom. The minimum Gasteiger partial charge on any atom is -0.369 e. The molecule has 0 aliphatic carbocycles. The van der Waals surface area contributed by atoms with Gasteiger partial charge in [-0.25, -0.2) is 0 Å². The lowest BCUT2D eigenvalue weighted by Crippen LogP contribution is -2.41. The molecule has 0 radical (unpaired) electrons. The summed E-state index contributed by atoms with van der Waals surface area (Å²) in [5.41, 5.74) is 5.15. The van der Waals surface area contributed by atoms with Gasteiger partial charge >= 0.3 is 0 Å². The van der Waals surface area contributed by atoms with Crippen molar-refractivity contribution >= 4 is 5.91 Å². The molecule has 0 saturated carbocycles. The van der Waals surface area contributed by atoms with Crippen LogP contribution in [-0.2, 0) is 4.79 Å². The summed E-state index contributed by atoms with van der Waals surface area (Å²) in [5.74, 6) is 0.564. The van der Waals surface area contributed by atoms with Gasteiger partial charge in [0.15, 0.2) is 0 Å². The Kier molecular flexibility index (Phi) is 4.90. The first kappa shape index (κ1) is 11.5. The first-order chi connectivity index (χ1) is 6.72. The van der Waals surface area contributed by atoms with Crippen LogP contribution in [0.1, 0.15) is 19.8 Å². The molecule has 4 nitrogen and oxygen atoms in total. The third-order valence-corrected chi connectivity index (χ3v) is 2.77. The average molecular weight is 199 g/mol. The number of nitrogens with one attached hydrogen (secondary N) is 1. The quantitative estimate of drug-likeness (QED) is 0.644. The van der Waals surface area contributed by atoms with Crippen LogP contribution in [0, 0.1) is 5.92 Å². The fraction of sp³-hybridized carbons (Fsp3) is 0.900. The maximum absolute atomic E-state index is 10.7. The maximum atomic E-state index is 10.7. The Morgan fingerprint density at radius 1 is 1.50 bits per heavy atom. The van der Waals surface area contributed by atoms with Crippen molar-refractivity contribution < 1.29 is 4.79 Å². The molecule has 82 valence electrons. The SMILES string of the molecule is CCNCC1CCN(CC(N)=O)CC1. The van der Waals surface area contributed by atoms with E-state index in [4.69, 9.17) is 5.73 Å². The summed E-state index contributed by atoms with van der Waals surface area (Å²) < 4.78 is 0. The van der Waals surface area contributed by atoms with Gasteiger partial charge in [0.05, 0.1) is 6.54 Å². The zero-order chi connectivity index (χ0) is 10.4. The Morgan fingerprint density at radius 3 is 2.64 bits per heavy atom. The van der Waals surface area contributed by atoms with Gasteiger partial charge in [-0.1, -0.05) is 6.92 Å². The second kappa shape index (κ2) is 5.98. The van der Waals surface area contributed by atoms with E-state index in [1.807, 2.05) is 0 Å². The molecule has 1 saturated heterocycles. The first-order valence-electron chi connectivity index (χ1n) is 5.43. The van der Waals surface area contributed by atoms with E-state index in [9.17, 15) is 4.79 Å². The van der Waals surface area contributed by atoms with Gasteiger partial charge in [0.1, 0.15) is 0 Å². The second-order valence-electron chi connectivity index (χ2n) is 3.99. The minimum absolute atomic E-state index is 0.213. The van der Waals surface area contributed by atoms with Crippen LogP contribution in [0.5, 0.6) is 0 Å². The van der Waals surface area contributed by atoms with Gasteiger partial charge in [-0.15, -0.1) is 0 Å². The molecule has 1 amide bonds. The molecule has 0 unspecified atom stereocenters. The number of nitrogens with two attached hydrogens (primary N) is 1. The molecular formula is C10H21N3O. The zero-order valence-electron chi connectivity index (χ0n) is 8.96. The average Bonchev–Trinajstić information content (AvgIpc) is 2.16. The lowest BCUT2D eigenvalue weighted by atomic mass is 9.97. The summed E-state index contributed by atoms with van der Waals surface area (Å²) in [7, 11) is 0. The van der Waals surface area contributed by atoms with E-state index in [2.05, 4.69) is 17.1 Å². The monoisotopic (exact) mass is 199 g/mol. The number of hydrogen-bond acceptors (Lipinski definition) is 3. The molecule has 4 heteroatoms. The highest BCUT2D eigenvalue weighted by atomic mass is 16.1. The molecule has 1 fully saturated rings. The molecule has 1 aliphatic heterocycles. The molecule has 1 rings (SSSR count). The van der Waals surface area contributed by atoms with Crippen LogP contribution in [0.4, 0.5) is 0 Å². The molecular weight excluding hydrogens is 178 g/mol. The number of rotatable bonds is 5. The summed E-state index contributed by atoms with van der Waals surface area (Å²) in [6, 6.07) is 0. The minimum atomic E-state index is -0.213. The Bertz CT molecular complexity index is 176. The van der Waals surface area contributed by atoms with E-state index in [-0.39, 0.29) is 5.91 Å². The van der Waals surface area contributed by atoms with Gasteiger partial charge in [-0.05, 0) is 44.9 Å². The van der Waals surface area contributed by atoms with E-state index in [1.165, 1.54) is 12.8 Å². The fourth-order valence-electron chi connectivity index (χ4n) is 1.92. The molecule has 14 heavy (non-hydrogen) atoms. The molecule has 0 atom stereocenters. The normalized spacial score (nSPS) is 19.8. The number of likely N-dealkylation sites (tertiary alicyclic amines) is 1. The van der Waals surface area contributed by atoms with E-state index in [0.29, 0.717) is 6.54 Å². The van der Waals surface area contributed by atoms with Crippen LogP contribution in [0.25, 0.3) is 0 Å². The highest BCUT2D eigenvalue weighted by molar-refractivity contribution is 5.75. The van der Waals surface area contributed by atoms with Gasteiger partial charge in [0.25, 0.3) is 0 Å². The van der Waals surface area contributed by atoms with Gasteiger partial charge < -0.3 is 11.1 Å². The van der Waals surface area contributed by atoms with E-state index in [1.54, 1.807) is 0 Å². The Hall–Kier alpha value is -0.610. The van der Waals surface area contributed by atoms with Crippen LogP contribution in [-0.4, -0.2) is 43.5 Å². The molecule has 1 heterocycles. The smallest absolute Gasteiger partial charge is 0.231 e. The maximum Gasteiger partial charge on any atom is 0.231 e. The van der Waals surface area contributed by atoms with Crippen molar-refractivity contribution in [3.63, 3.8) is 0 Å². The predicted octanol–water partition coefficient (Wildman–Crippen LogP) is -0.207. The largest absolute Gasteiger partial charge is 0.369 e. The van der Waals surface area contributed by atoms with Crippen molar-refractivity contribution in [2.45, 2.75) is 19.8 Å². The van der Waals surface area contributed by atoms with Crippen LogP contribution in [0.3, 0.4) is 0 Å². The number of primary amides is 1. The first-order valence-corrected chi connectivity index (χ1v) is 5.43. The summed E-state index contributed by atoms with van der Waals surface area (Å²) in [6.45, 7) is 6.73. The molecule has 0 spiro atoms. The van der Waals surface area contributed by atoms with Gasteiger partial charge in [-0.3, -0.25) is 9.69 Å². The molecule has 3 N–H and O–H groups in total. The van der Waals surface area contributed by atoms with Crippen molar-refractivity contribution in [3.05, 3.63) is 0 Å². The van der Waals surface area contributed by atoms with Crippen molar-refractivity contribution in [2.24, 2.45) is 11.7 Å². The number of nitrogens with zero attached hydrogens (tertiary/aromatic N) is 1. The Balaban J connectivity index is 2.14. The van der Waals surface area contributed by atoms with Crippen molar-refractivity contribution in [3.8, 4) is 0 Å². The summed E-state index contributed by atoms with van der Waals surface area (Å²) >= 11 is 0. The van der Waals surface area contributed by atoms with Crippen LogP contribution < -0.4 is 11.1 Å². The number of carbonyl (C=O) groups excluding carboxylic acids is 1. The third-order valence-electron chi connectivity index (χ3n) is 2.77. The van der Waals surface area contributed by atoms with Crippen molar-refractivity contribution in [1.82, 2.24) is 10.2 Å². The zero-order valence-corrected chi connectivity index (χ0v) is 8.96. The van der Waals surface area contributed by atoms with E-state index < -0.39 is 0 Å². The number of piperidine rings is 1. The van der Waals surface area contributed by atoms with Crippen molar-refractivity contribution in [2.75, 3.05) is 32.7 Å². The number of amides is 1. The fourth-order valence-corrected chi connectivity index (χ4v) is 1.92. The molecule has 0 aromatic heterocycles. The molecule has 0 aromatic rings. The molecule has 1 aliphatic rings. The summed E-state index contributed by atoms with van der Waals surface area (Å²) in [4.78, 5) is 12.8. The van der Waals surface area contributed by atoms with Gasteiger partial charge in [0, 0.05) is 0 Å². The van der Waals surface area contributed by atoms with Crippen LogP contribution in [0.15, 0.2) is 0 Å². The number of carbonyl (C=O) groups is 1. The lowest BCUT2D eigenvalue weighted by molar-refractivity contribution is -0.119. The topological polar surface area (TPSA) is 58.4 Å². The third kappa shape index (κ3) is 4.07. The highest BCUT2D eigenvalue weighted by Gasteiger charge is 2.19. The van der Waals surface area contributed by atoms with E-state index in [0.717, 1.165) is 32.1 Å². The molecule has 0 bridgehead atoms. The van der Waals surface area contributed by atoms with Crippen molar-refractivity contribution in [1.29, 1.82) is 0 Å². The second-order valence-corrected chi connectivity index (χ2v) is 3.99. The summed E-state index contributed by atoms with van der Waals surface area (Å²) in [5, 5.41) is 3.36.